The number of rotatable bonds is 6. The third kappa shape index (κ3) is 4.24. The lowest BCUT2D eigenvalue weighted by atomic mass is 10.2. The molecule has 7 nitrogen and oxygen atoms in total. The lowest BCUT2D eigenvalue weighted by Crippen LogP contribution is -2.43. The summed E-state index contributed by atoms with van der Waals surface area (Å²) in [5.41, 5.74) is 3.09. The van der Waals surface area contributed by atoms with Gasteiger partial charge in [0, 0.05) is 37.1 Å². The van der Waals surface area contributed by atoms with Crippen molar-refractivity contribution in [2.45, 2.75) is 0 Å². The van der Waals surface area contributed by atoms with Gasteiger partial charge in [-0.1, -0.05) is 12.1 Å². The Morgan fingerprint density at radius 3 is 2.63 bits per heavy atom. The molecule has 156 valence electrons. The Morgan fingerprint density at radius 1 is 1.10 bits per heavy atom. The zero-order chi connectivity index (χ0) is 20.9. The summed E-state index contributed by atoms with van der Waals surface area (Å²) >= 11 is 1.42. The highest BCUT2D eigenvalue weighted by atomic mass is 32.1. The number of methoxy groups -OCH3 is 2. The number of aromatic nitrogens is 1. The van der Waals surface area contributed by atoms with Crippen LogP contribution in [0.1, 0.15) is 10.5 Å². The Morgan fingerprint density at radius 2 is 1.87 bits per heavy atom. The molecule has 2 aromatic carbocycles. The van der Waals surface area contributed by atoms with E-state index in [9.17, 15) is 4.79 Å². The van der Waals surface area contributed by atoms with E-state index < -0.39 is 0 Å². The van der Waals surface area contributed by atoms with Gasteiger partial charge in [0.25, 0.3) is 5.91 Å². The molecule has 0 radical (unpaired) electrons. The number of piperazine rings is 1. The van der Waals surface area contributed by atoms with Gasteiger partial charge < -0.3 is 25.0 Å². The fourth-order valence-corrected chi connectivity index (χ4v) is 4.22. The molecule has 1 amide bonds. The minimum absolute atomic E-state index is 0.222. The van der Waals surface area contributed by atoms with E-state index in [0.717, 1.165) is 48.1 Å². The highest BCUT2D eigenvalue weighted by Gasteiger charge is 2.18. The Hall–Kier alpha value is -3.10. The van der Waals surface area contributed by atoms with Crippen molar-refractivity contribution in [2.24, 2.45) is 0 Å². The van der Waals surface area contributed by atoms with Crippen LogP contribution >= 0.6 is 11.3 Å². The summed E-state index contributed by atoms with van der Waals surface area (Å²) < 4.78 is 10.6. The van der Waals surface area contributed by atoms with Crippen LogP contribution in [0, 0.1) is 0 Å². The summed E-state index contributed by atoms with van der Waals surface area (Å²) in [6, 6.07) is 13.5. The molecule has 3 aromatic rings. The third-order valence-electron chi connectivity index (χ3n) is 4.98. The summed E-state index contributed by atoms with van der Waals surface area (Å²) in [5, 5.41) is 8.90. The largest absolute Gasteiger partial charge is 0.493 e. The molecule has 2 heterocycles. The molecule has 2 N–H and O–H groups in total. The van der Waals surface area contributed by atoms with Crippen LogP contribution in [0.25, 0.3) is 10.6 Å². The van der Waals surface area contributed by atoms with Crippen LogP contribution in [0.15, 0.2) is 47.8 Å². The van der Waals surface area contributed by atoms with E-state index in [1.807, 2.05) is 42.5 Å². The first-order valence-electron chi connectivity index (χ1n) is 9.73. The fourth-order valence-electron chi connectivity index (χ4n) is 3.43. The molecule has 1 saturated heterocycles. The highest BCUT2D eigenvalue weighted by molar-refractivity contribution is 7.13. The number of carbonyl (C=O) groups is 1. The fraction of sp³-hybridized carbons (Fsp3) is 0.273. The van der Waals surface area contributed by atoms with Crippen LogP contribution in [-0.4, -0.2) is 51.3 Å². The summed E-state index contributed by atoms with van der Waals surface area (Å²) in [5.74, 6) is 1.06. The van der Waals surface area contributed by atoms with E-state index in [1.165, 1.54) is 11.3 Å². The van der Waals surface area contributed by atoms with Crippen molar-refractivity contribution in [1.82, 2.24) is 10.3 Å². The van der Waals surface area contributed by atoms with Gasteiger partial charge in [-0.25, -0.2) is 4.98 Å². The Labute approximate surface area is 179 Å². The van der Waals surface area contributed by atoms with E-state index in [0.29, 0.717) is 17.2 Å². The van der Waals surface area contributed by atoms with Crippen LogP contribution in [0.5, 0.6) is 11.5 Å². The number of hydrogen-bond acceptors (Lipinski definition) is 7. The van der Waals surface area contributed by atoms with Gasteiger partial charge in [-0.15, -0.1) is 11.3 Å². The minimum Gasteiger partial charge on any atom is -0.493 e. The van der Waals surface area contributed by atoms with Gasteiger partial charge in [0.1, 0.15) is 10.7 Å². The van der Waals surface area contributed by atoms with Crippen molar-refractivity contribution in [2.75, 3.05) is 50.6 Å². The van der Waals surface area contributed by atoms with E-state index in [-0.39, 0.29) is 5.91 Å². The number of hydrogen-bond donors (Lipinski definition) is 2. The SMILES string of the molecule is COc1ccc(-c2nc(C(=O)Nc3ccccc3N3CCNCC3)cs2)cc1OC. The monoisotopic (exact) mass is 424 g/mol. The maximum atomic E-state index is 12.9. The number of para-hydroxylation sites is 2. The van der Waals surface area contributed by atoms with Gasteiger partial charge in [0.2, 0.25) is 0 Å². The van der Waals surface area contributed by atoms with Crippen LogP contribution in [0.4, 0.5) is 11.4 Å². The molecular formula is C22H24N4O3S. The van der Waals surface area contributed by atoms with Gasteiger partial charge >= 0.3 is 0 Å². The zero-order valence-corrected chi connectivity index (χ0v) is 17.8. The lowest BCUT2D eigenvalue weighted by Gasteiger charge is -2.31. The average molecular weight is 425 g/mol. The molecule has 0 spiro atoms. The van der Waals surface area contributed by atoms with Crippen molar-refractivity contribution in [3.05, 3.63) is 53.5 Å². The summed E-state index contributed by atoms with van der Waals surface area (Å²) in [4.78, 5) is 19.7. The summed E-state index contributed by atoms with van der Waals surface area (Å²) in [6.45, 7) is 3.69. The molecule has 30 heavy (non-hydrogen) atoms. The third-order valence-corrected chi connectivity index (χ3v) is 5.87. The van der Waals surface area contributed by atoms with Gasteiger partial charge in [-0.2, -0.15) is 0 Å². The smallest absolute Gasteiger partial charge is 0.275 e. The molecule has 1 fully saturated rings. The molecular weight excluding hydrogens is 400 g/mol. The highest BCUT2D eigenvalue weighted by Crippen LogP contribution is 2.34. The Balaban J connectivity index is 1.53. The number of nitrogens with zero attached hydrogens (tertiary/aromatic N) is 2. The van der Waals surface area contributed by atoms with E-state index in [4.69, 9.17) is 9.47 Å². The van der Waals surface area contributed by atoms with Crippen molar-refractivity contribution >= 4 is 28.6 Å². The maximum absolute atomic E-state index is 12.9. The van der Waals surface area contributed by atoms with Crippen LogP contribution in [0.2, 0.25) is 0 Å². The first-order valence-corrected chi connectivity index (χ1v) is 10.6. The normalized spacial score (nSPS) is 13.7. The molecule has 0 bridgehead atoms. The van der Waals surface area contributed by atoms with Crippen molar-refractivity contribution in [3.63, 3.8) is 0 Å². The first kappa shape index (κ1) is 20.2. The second kappa shape index (κ2) is 9.15. The number of nitrogens with one attached hydrogen (secondary N) is 2. The molecule has 4 rings (SSSR count). The van der Waals surface area contributed by atoms with Crippen molar-refractivity contribution in [3.8, 4) is 22.1 Å². The number of amides is 1. The predicted molar refractivity (Wildman–Crippen MR) is 120 cm³/mol. The van der Waals surface area contributed by atoms with Crippen molar-refractivity contribution < 1.29 is 14.3 Å². The molecule has 0 aliphatic carbocycles. The quantitative estimate of drug-likeness (QED) is 0.631. The Kier molecular flexibility index (Phi) is 6.15. The van der Waals surface area contributed by atoms with Gasteiger partial charge in [0.15, 0.2) is 11.5 Å². The number of carbonyl (C=O) groups excluding carboxylic acids is 1. The van der Waals surface area contributed by atoms with Crippen LogP contribution in [-0.2, 0) is 0 Å². The van der Waals surface area contributed by atoms with E-state index in [1.54, 1.807) is 19.6 Å². The number of thiazole rings is 1. The minimum atomic E-state index is -0.222. The maximum Gasteiger partial charge on any atom is 0.275 e. The second-order valence-corrected chi connectivity index (χ2v) is 7.67. The molecule has 1 aromatic heterocycles. The van der Waals surface area contributed by atoms with Crippen LogP contribution in [0.3, 0.4) is 0 Å². The molecule has 8 heteroatoms. The van der Waals surface area contributed by atoms with E-state index >= 15 is 0 Å². The topological polar surface area (TPSA) is 75.7 Å². The lowest BCUT2D eigenvalue weighted by molar-refractivity contribution is 0.102. The zero-order valence-electron chi connectivity index (χ0n) is 17.0. The van der Waals surface area contributed by atoms with Crippen molar-refractivity contribution in [1.29, 1.82) is 0 Å². The molecule has 0 unspecified atom stereocenters. The molecule has 0 atom stereocenters. The second-order valence-electron chi connectivity index (χ2n) is 6.82. The summed E-state index contributed by atoms with van der Waals surface area (Å²) in [6.07, 6.45) is 0. The van der Waals surface area contributed by atoms with Gasteiger partial charge in [-0.3, -0.25) is 4.79 Å². The van der Waals surface area contributed by atoms with Gasteiger partial charge in [-0.05, 0) is 30.3 Å². The predicted octanol–water partition coefficient (Wildman–Crippen LogP) is 3.49. The summed E-state index contributed by atoms with van der Waals surface area (Å²) in [7, 11) is 3.19. The molecule has 1 aliphatic rings. The average Bonchev–Trinajstić information content (AvgIpc) is 3.30. The van der Waals surface area contributed by atoms with Gasteiger partial charge in [0.05, 0.1) is 25.6 Å². The first-order chi connectivity index (χ1) is 14.7. The number of benzene rings is 2. The molecule has 1 aliphatic heterocycles. The van der Waals surface area contributed by atoms with E-state index in [2.05, 4.69) is 20.5 Å². The molecule has 0 saturated carbocycles. The van der Waals surface area contributed by atoms with Crippen LogP contribution < -0.4 is 25.0 Å². The Bertz CT molecular complexity index is 1030. The standard InChI is InChI=1S/C22H24N4O3S/c1-28-19-8-7-15(13-20(19)29-2)22-25-17(14-30-22)21(27)24-16-5-3-4-6-18(16)26-11-9-23-10-12-26/h3-8,13-14,23H,9-12H2,1-2H3,(H,24,27). The number of ether oxygens (including phenoxy) is 2. The number of anilines is 2.